The van der Waals surface area contributed by atoms with Crippen LogP contribution < -0.4 is 20.9 Å². The molecule has 1 amide bonds. The summed E-state index contributed by atoms with van der Waals surface area (Å²) >= 11 is 0. The molecule has 2 aliphatic carbocycles. The third-order valence-electron chi connectivity index (χ3n) is 7.05. The predicted molar refractivity (Wildman–Crippen MR) is 136 cm³/mol. The first kappa shape index (κ1) is 23.5. The molecule has 1 aliphatic heterocycles. The predicted octanol–water partition coefficient (Wildman–Crippen LogP) is 3.80. The third kappa shape index (κ3) is 5.73. The van der Waals surface area contributed by atoms with Crippen LogP contribution in [-0.2, 0) is 4.79 Å². The number of allylic oxidation sites excluding steroid dienone is 1. The van der Waals surface area contributed by atoms with E-state index >= 15 is 0 Å². The van der Waals surface area contributed by atoms with Crippen LogP contribution in [0.15, 0.2) is 35.7 Å². The first-order valence-electron chi connectivity index (χ1n) is 12.6. The zero-order valence-corrected chi connectivity index (χ0v) is 20.5. The molecule has 3 aliphatic rings. The van der Waals surface area contributed by atoms with Gasteiger partial charge >= 0.3 is 0 Å². The Morgan fingerprint density at radius 2 is 1.94 bits per heavy atom. The molecule has 3 N–H and O–H groups in total. The number of carbonyl (C=O) groups excluding carboxylic acids is 1. The second-order valence-electron chi connectivity index (χ2n) is 9.90. The van der Waals surface area contributed by atoms with Crippen LogP contribution in [0.1, 0.15) is 37.7 Å². The van der Waals surface area contributed by atoms with Crippen molar-refractivity contribution in [2.75, 3.05) is 55.3 Å². The molecule has 2 aromatic rings. The van der Waals surface area contributed by atoms with Gasteiger partial charge in [0, 0.05) is 55.4 Å². The number of rotatable bonds is 8. The van der Waals surface area contributed by atoms with E-state index in [9.17, 15) is 9.18 Å². The second kappa shape index (κ2) is 10.2. The Morgan fingerprint density at radius 1 is 1.14 bits per heavy atom. The lowest BCUT2D eigenvalue weighted by molar-refractivity contribution is -0.117. The lowest BCUT2D eigenvalue weighted by atomic mass is 10.1. The van der Waals surface area contributed by atoms with Gasteiger partial charge in [0.25, 0.3) is 0 Å². The van der Waals surface area contributed by atoms with Gasteiger partial charge in [0.2, 0.25) is 11.9 Å². The zero-order valence-electron chi connectivity index (χ0n) is 20.5. The minimum atomic E-state index is -0.547. The Labute approximate surface area is 206 Å². The van der Waals surface area contributed by atoms with E-state index in [4.69, 9.17) is 0 Å². The Morgan fingerprint density at radius 3 is 2.69 bits per heavy atom. The number of amides is 1. The van der Waals surface area contributed by atoms with Crippen LogP contribution in [0.25, 0.3) is 0 Å². The van der Waals surface area contributed by atoms with Crippen LogP contribution >= 0.6 is 0 Å². The van der Waals surface area contributed by atoms with Crippen LogP contribution in [0, 0.1) is 18.7 Å². The van der Waals surface area contributed by atoms with Crippen molar-refractivity contribution in [3.05, 3.63) is 47.0 Å². The molecule has 2 fully saturated rings. The van der Waals surface area contributed by atoms with Crippen LogP contribution in [0.3, 0.4) is 0 Å². The van der Waals surface area contributed by atoms with Crippen molar-refractivity contribution < 1.29 is 9.18 Å². The van der Waals surface area contributed by atoms with Gasteiger partial charge in [-0.05, 0) is 75.8 Å². The first-order chi connectivity index (χ1) is 17.0. The highest BCUT2D eigenvalue weighted by Crippen LogP contribution is 2.31. The molecule has 2 heterocycles. The molecule has 0 radical (unpaired) electrons. The zero-order chi connectivity index (χ0) is 24.4. The average molecular weight is 480 g/mol. The highest BCUT2D eigenvalue weighted by Gasteiger charge is 2.26. The topological polar surface area (TPSA) is 85.4 Å². The van der Waals surface area contributed by atoms with Gasteiger partial charge in [-0.1, -0.05) is 0 Å². The van der Waals surface area contributed by atoms with E-state index in [-0.39, 0.29) is 11.7 Å². The van der Waals surface area contributed by atoms with Crippen molar-refractivity contribution in [3.8, 4) is 0 Å². The number of likely N-dealkylation sites (N-methyl/N-ethyl adjacent to an activating group) is 1. The summed E-state index contributed by atoms with van der Waals surface area (Å²) in [4.78, 5) is 25.8. The smallest absolute Gasteiger partial charge is 0.248 e. The van der Waals surface area contributed by atoms with Crippen molar-refractivity contribution in [3.63, 3.8) is 0 Å². The Bertz CT molecular complexity index is 1120. The maximum Gasteiger partial charge on any atom is 0.248 e. The Kier molecular flexibility index (Phi) is 6.86. The summed E-state index contributed by atoms with van der Waals surface area (Å²) in [6.45, 7) is 6.95. The van der Waals surface area contributed by atoms with Crippen molar-refractivity contribution in [2.45, 2.75) is 39.0 Å². The molecule has 0 unspecified atom stereocenters. The first-order valence-corrected chi connectivity index (χ1v) is 12.6. The standard InChI is InChI=1S/C26H34FN7O/c1-17-14-19(8-9-23(17)34-12-10-33(2)11-13-34)30-26-29-16-21(27)24(32-26)31-22-5-3-4-20(22)25(35)28-15-18-6-7-18/h8-9,14,16,18H,3-7,10-13,15H2,1-2H3,(H,28,35)(H2,29,30,31,32). The Hall–Kier alpha value is -3.20. The van der Waals surface area contributed by atoms with Gasteiger partial charge in [0.1, 0.15) is 0 Å². The molecule has 186 valence electrons. The molecular formula is C26H34FN7O. The minimum absolute atomic E-state index is 0.0550. The number of aromatic nitrogens is 2. The van der Waals surface area contributed by atoms with Gasteiger partial charge in [0.15, 0.2) is 11.6 Å². The molecule has 8 nitrogen and oxygen atoms in total. The molecule has 1 saturated heterocycles. The van der Waals surface area contributed by atoms with Gasteiger partial charge in [-0.3, -0.25) is 4.79 Å². The molecule has 1 saturated carbocycles. The number of halogens is 1. The fourth-order valence-corrected chi connectivity index (χ4v) is 4.72. The van der Waals surface area contributed by atoms with Gasteiger partial charge in [0.05, 0.1) is 6.20 Å². The number of hydrogen-bond donors (Lipinski definition) is 3. The highest BCUT2D eigenvalue weighted by atomic mass is 19.1. The molecule has 1 aromatic heterocycles. The van der Waals surface area contributed by atoms with Crippen molar-refractivity contribution in [2.24, 2.45) is 5.92 Å². The van der Waals surface area contributed by atoms with Crippen molar-refractivity contribution in [1.82, 2.24) is 20.2 Å². The van der Waals surface area contributed by atoms with Gasteiger partial charge in [-0.15, -0.1) is 0 Å². The molecule has 9 heteroatoms. The number of benzene rings is 1. The number of nitrogens with zero attached hydrogens (tertiary/aromatic N) is 4. The monoisotopic (exact) mass is 479 g/mol. The summed E-state index contributed by atoms with van der Waals surface area (Å²) in [6, 6.07) is 6.18. The van der Waals surface area contributed by atoms with Gasteiger partial charge < -0.3 is 25.8 Å². The maximum atomic E-state index is 14.6. The quantitative estimate of drug-likeness (QED) is 0.531. The number of hydrogen-bond acceptors (Lipinski definition) is 7. The Balaban J connectivity index is 1.27. The number of carbonyl (C=O) groups is 1. The van der Waals surface area contributed by atoms with E-state index in [1.165, 1.54) is 18.5 Å². The van der Waals surface area contributed by atoms with Crippen LogP contribution in [-0.4, -0.2) is 60.5 Å². The van der Waals surface area contributed by atoms with E-state index in [1.54, 1.807) is 0 Å². The van der Waals surface area contributed by atoms with E-state index in [0.29, 0.717) is 30.3 Å². The van der Waals surface area contributed by atoms with E-state index in [2.05, 4.69) is 61.8 Å². The summed E-state index contributed by atoms with van der Waals surface area (Å²) in [7, 11) is 2.15. The number of anilines is 4. The SMILES string of the molecule is Cc1cc(Nc2ncc(F)c(NC3=C(C(=O)NCC4CC4)CCC3)n2)ccc1N1CCN(C)CC1. The molecule has 0 spiro atoms. The van der Waals surface area contributed by atoms with Crippen molar-refractivity contribution >= 4 is 29.0 Å². The summed E-state index contributed by atoms with van der Waals surface area (Å²) in [6.07, 6.45) is 5.78. The highest BCUT2D eigenvalue weighted by molar-refractivity contribution is 5.95. The summed E-state index contributed by atoms with van der Waals surface area (Å²) in [5, 5.41) is 9.29. The molecule has 0 atom stereocenters. The average Bonchev–Trinajstić information content (AvgIpc) is 3.57. The number of piperazine rings is 1. The lowest BCUT2D eigenvalue weighted by Gasteiger charge is -2.35. The second-order valence-corrected chi connectivity index (χ2v) is 9.90. The van der Waals surface area contributed by atoms with Crippen LogP contribution in [0.5, 0.6) is 0 Å². The van der Waals surface area contributed by atoms with E-state index in [1.807, 2.05) is 6.07 Å². The fourth-order valence-electron chi connectivity index (χ4n) is 4.72. The third-order valence-corrected chi connectivity index (χ3v) is 7.05. The van der Waals surface area contributed by atoms with Gasteiger partial charge in [-0.2, -0.15) is 4.98 Å². The molecule has 0 bridgehead atoms. The molecular weight excluding hydrogens is 445 g/mol. The molecule has 5 rings (SSSR count). The van der Waals surface area contributed by atoms with Crippen LogP contribution in [0.4, 0.5) is 27.5 Å². The molecule has 35 heavy (non-hydrogen) atoms. The van der Waals surface area contributed by atoms with E-state index < -0.39 is 5.82 Å². The fraction of sp³-hybridized carbons (Fsp3) is 0.500. The summed E-state index contributed by atoms with van der Waals surface area (Å²) < 4.78 is 14.6. The lowest BCUT2D eigenvalue weighted by Crippen LogP contribution is -2.44. The largest absolute Gasteiger partial charge is 0.369 e. The number of nitrogens with one attached hydrogen (secondary N) is 3. The van der Waals surface area contributed by atoms with Crippen molar-refractivity contribution in [1.29, 1.82) is 0 Å². The summed E-state index contributed by atoms with van der Waals surface area (Å²) in [5.41, 5.74) is 4.69. The number of aryl methyl sites for hydroxylation is 1. The normalized spacial score (nSPS) is 18.7. The van der Waals surface area contributed by atoms with Crippen LogP contribution in [0.2, 0.25) is 0 Å². The molecule has 1 aromatic carbocycles. The van der Waals surface area contributed by atoms with E-state index in [0.717, 1.165) is 62.3 Å². The minimum Gasteiger partial charge on any atom is -0.369 e. The maximum absolute atomic E-state index is 14.6. The summed E-state index contributed by atoms with van der Waals surface area (Å²) in [5.74, 6) is 0.399. The van der Waals surface area contributed by atoms with Gasteiger partial charge in [-0.25, -0.2) is 9.37 Å².